The number of nitrogens with zero attached hydrogens (tertiary/aromatic N) is 2. The minimum atomic E-state index is -1.36. The summed E-state index contributed by atoms with van der Waals surface area (Å²) in [5.41, 5.74) is 1.22. The minimum absolute atomic E-state index is 0.0763. The summed E-state index contributed by atoms with van der Waals surface area (Å²) >= 11 is 12.7. The van der Waals surface area contributed by atoms with Gasteiger partial charge in [0, 0.05) is 20.5 Å². The van der Waals surface area contributed by atoms with Crippen LogP contribution in [-0.2, 0) is 4.79 Å². The Kier molecular flexibility index (Phi) is 5.43. The van der Waals surface area contributed by atoms with Crippen LogP contribution in [0.15, 0.2) is 63.1 Å². The molecular weight excluding hydrogens is 383 g/mol. The molecule has 1 heterocycles. The first-order valence-electron chi connectivity index (χ1n) is 6.98. The molecule has 0 radical (unpaired) electrons. The molecule has 25 heavy (non-hydrogen) atoms. The Balaban J connectivity index is 1.85. The molecule has 0 bridgehead atoms. The van der Waals surface area contributed by atoms with Gasteiger partial charge in [0.05, 0.1) is 5.97 Å². The number of aromatic nitrogens is 2. The fourth-order valence-electron chi connectivity index (χ4n) is 1.92. The Bertz CT molecular complexity index is 939. The molecule has 0 aliphatic heterocycles. The highest BCUT2D eigenvalue weighted by molar-refractivity contribution is 8.03. The van der Waals surface area contributed by atoms with Crippen molar-refractivity contribution in [3.05, 3.63) is 69.0 Å². The van der Waals surface area contributed by atoms with E-state index in [0.717, 1.165) is 11.8 Å². The summed E-state index contributed by atoms with van der Waals surface area (Å²) in [6.07, 6.45) is 1.40. The van der Waals surface area contributed by atoms with E-state index in [9.17, 15) is 9.90 Å². The van der Waals surface area contributed by atoms with Gasteiger partial charge in [-0.2, -0.15) is 0 Å². The van der Waals surface area contributed by atoms with Crippen LogP contribution >= 0.6 is 35.0 Å². The van der Waals surface area contributed by atoms with Crippen molar-refractivity contribution in [3.63, 3.8) is 0 Å². The van der Waals surface area contributed by atoms with Crippen molar-refractivity contribution in [1.82, 2.24) is 10.2 Å². The zero-order valence-electron chi connectivity index (χ0n) is 12.5. The molecule has 1 aromatic heterocycles. The van der Waals surface area contributed by atoms with Crippen LogP contribution in [0.5, 0.6) is 0 Å². The lowest BCUT2D eigenvalue weighted by molar-refractivity contribution is -0.298. The second-order valence-electron chi connectivity index (χ2n) is 4.80. The van der Waals surface area contributed by atoms with Gasteiger partial charge in [0.1, 0.15) is 0 Å². The maximum absolute atomic E-state index is 11.4. The molecule has 2 aromatic carbocycles. The zero-order chi connectivity index (χ0) is 17.8. The second-order valence-corrected chi connectivity index (χ2v) is 6.64. The molecule has 0 amide bonds. The SMILES string of the molecule is O=C([O-])/C(=C/c1ccccc1Cl)Sc1nnc(-c2ccc(Cl)cc2)o1. The zero-order valence-corrected chi connectivity index (χ0v) is 14.8. The minimum Gasteiger partial charge on any atom is -0.544 e. The molecule has 0 saturated heterocycles. The number of benzene rings is 2. The van der Waals surface area contributed by atoms with Gasteiger partial charge in [0.15, 0.2) is 0 Å². The molecule has 0 fully saturated rings. The Hall–Kier alpha value is -2.28. The van der Waals surface area contributed by atoms with Gasteiger partial charge >= 0.3 is 0 Å². The van der Waals surface area contributed by atoms with Crippen LogP contribution in [0.25, 0.3) is 17.5 Å². The van der Waals surface area contributed by atoms with Crippen molar-refractivity contribution in [2.24, 2.45) is 0 Å². The lowest BCUT2D eigenvalue weighted by atomic mass is 10.2. The molecule has 3 aromatic rings. The predicted octanol–water partition coefficient (Wildman–Crippen LogP) is 3.93. The van der Waals surface area contributed by atoms with Crippen molar-refractivity contribution in [2.75, 3.05) is 0 Å². The van der Waals surface area contributed by atoms with Gasteiger partial charge in [0.25, 0.3) is 5.22 Å². The third-order valence-electron chi connectivity index (χ3n) is 3.09. The predicted molar refractivity (Wildman–Crippen MR) is 95.0 cm³/mol. The van der Waals surface area contributed by atoms with Crippen LogP contribution in [0.1, 0.15) is 5.56 Å². The first-order chi connectivity index (χ1) is 12.0. The van der Waals surface area contributed by atoms with E-state index in [4.69, 9.17) is 27.6 Å². The van der Waals surface area contributed by atoms with E-state index < -0.39 is 5.97 Å². The molecule has 8 heteroatoms. The summed E-state index contributed by atoms with van der Waals surface area (Å²) < 4.78 is 5.49. The van der Waals surface area contributed by atoms with Gasteiger partial charge in [-0.1, -0.05) is 41.4 Å². The molecule has 3 rings (SSSR count). The maximum atomic E-state index is 11.4. The van der Waals surface area contributed by atoms with Crippen LogP contribution in [0, 0.1) is 0 Å². The molecule has 0 N–H and O–H groups in total. The van der Waals surface area contributed by atoms with Gasteiger partial charge in [-0.05, 0) is 53.7 Å². The Morgan fingerprint density at radius 2 is 1.80 bits per heavy atom. The fourth-order valence-corrected chi connectivity index (χ4v) is 2.89. The summed E-state index contributed by atoms with van der Waals surface area (Å²) in [5.74, 6) is -1.11. The third kappa shape index (κ3) is 4.42. The molecule has 5 nitrogen and oxygen atoms in total. The van der Waals surface area contributed by atoms with Gasteiger partial charge in [0.2, 0.25) is 5.89 Å². The molecule has 0 aliphatic rings. The van der Waals surface area contributed by atoms with Crippen molar-refractivity contribution in [2.45, 2.75) is 5.22 Å². The number of carbonyl (C=O) groups excluding carboxylic acids is 1. The van der Waals surface area contributed by atoms with Crippen molar-refractivity contribution in [3.8, 4) is 11.5 Å². The van der Waals surface area contributed by atoms with Gasteiger partial charge in [-0.15, -0.1) is 10.2 Å². The molecule has 0 atom stereocenters. The summed E-state index contributed by atoms with van der Waals surface area (Å²) in [5, 5.41) is 20.2. The molecule has 126 valence electrons. The van der Waals surface area contributed by atoms with E-state index in [1.807, 2.05) is 0 Å². The first-order valence-corrected chi connectivity index (χ1v) is 8.55. The van der Waals surface area contributed by atoms with E-state index in [-0.39, 0.29) is 16.0 Å². The molecule has 0 spiro atoms. The highest BCUT2D eigenvalue weighted by atomic mass is 35.5. The number of aliphatic carboxylic acids is 1. The number of hydrogen-bond acceptors (Lipinski definition) is 6. The second kappa shape index (κ2) is 7.74. The monoisotopic (exact) mass is 391 g/mol. The number of carboxylic acid groups (broad SMARTS) is 1. The lowest BCUT2D eigenvalue weighted by Crippen LogP contribution is -2.23. The number of thioether (sulfide) groups is 1. The first kappa shape index (κ1) is 17.5. The largest absolute Gasteiger partial charge is 0.544 e. The number of rotatable bonds is 5. The Labute approximate surface area is 157 Å². The molecule has 0 saturated carbocycles. The maximum Gasteiger partial charge on any atom is 0.281 e. The number of halogens is 2. The third-order valence-corrected chi connectivity index (χ3v) is 4.53. The number of carboxylic acids is 1. The fraction of sp³-hybridized carbons (Fsp3) is 0. The van der Waals surface area contributed by atoms with Crippen LogP contribution in [0.2, 0.25) is 10.0 Å². The highest BCUT2D eigenvalue weighted by Gasteiger charge is 2.12. The summed E-state index contributed by atoms with van der Waals surface area (Å²) in [6, 6.07) is 13.7. The van der Waals surface area contributed by atoms with Crippen molar-refractivity contribution >= 4 is 47.0 Å². The van der Waals surface area contributed by atoms with Crippen LogP contribution in [-0.4, -0.2) is 16.2 Å². The number of hydrogen-bond donors (Lipinski definition) is 0. The molecular formula is C17H9Cl2N2O3S-. The number of carbonyl (C=O) groups is 1. The molecule has 0 unspecified atom stereocenters. The molecule has 0 aliphatic carbocycles. The summed E-state index contributed by atoms with van der Waals surface area (Å²) in [7, 11) is 0. The Morgan fingerprint density at radius 3 is 2.48 bits per heavy atom. The van der Waals surface area contributed by atoms with Crippen LogP contribution in [0.3, 0.4) is 0 Å². The van der Waals surface area contributed by atoms with E-state index in [1.165, 1.54) is 6.08 Å². The van der Waals surface area contributed by atoms with E-state index in [2.05, 4.69) is 10.2 Å². The standard InChI is InChI=1S/C17H10Cl2N2O3S/c18-12-7-5-10(6-8-12)15-20-21-17(24-15)25-14(16(22)23)9-11-3-1-2-4-13(11)19/h1-9H,(H,22,23)/p-1/b14-9-. The average molecular weight is 392 g/mol. The van der Waals surface area contributed by atoms with E-state index in [1.54, 1.807) is 48.5 Å². The topological polar surface area (TPSA) is 79.0 Å². The quantitative estimate of drug-likeness (QED) is 0.484. The van der Waals surface area contributed by atoms with Crippen molar-refractivity contribution < 1.29 is 14.3 Å². The summed E-state index contributed by atoms with van der Waals surface area (Å²) in [6.45, 7) is 0. The van der Waals surface area contributed by atoms with Gasteiger partial charge < -0.3 is 14.3 Å². The van der Waals surface area contributed by atoms with Crippen molar-refractivity contribution in [1.29, 1.82) is 0 Å². The smallest absolute Gasteiger partial charge is 0.281 e. The lowest BCUT2D eigenvalue weighted by Gasteiger charge is -2.06. The van der Waals surface area contributed by atoms with E-state index >= 15 is 0 Å². The summed E-state index contributed by atoms with van der Waals surface area (Å²) in [4.78, 5) is 11.3. The van der Waals surface area contributed by atoms with Gasteiger partial charge in [-0.3, -0.25) is 0 Å². The normalized spacial score (nSPS) is 11.5. The average Bonchev–Trinajstić information content (AvgIpc) is 3.05. The van der Waals surface area contributed by atoms with Crippen LogP contribution in [0.4, 0.5) is 0 Å². The van der Waals surface area contributed by atoms with E-state index in [0.29, 0.717) is 21.2 Å². The highest BCUT2D eigenvalue weighted by Crippen LogP contribution is 2.31. The van der Waals surface area contributed by atoms with Crippen LogP contribution < -0.4 is 5.11 Å². The van der Waals surface area contributed by atoms with Gasteiger partial charge in [-0.25, -0.2) is 0 Å². The Morgan fingerprint density at radius 1 is 1.08 bits per heavy atom.